The van der Waals surface area contributed by atoms with E-state index in [0.29, 0.717) is 15.9 Å². The Bertz CT molecular complexity index is 447. The molecule has 0 aromatic carbocycles. The first kappa shape index (κ1) is 12.0. The second kappa shape index (κ2) is 4.53. The zero-order valence-corrected chi connectivity index (χ0v) is 11.3. The molecule has 0 atom stereocenters. The number of rotatable bonds is 3. The third kappa shape index (κ3) is 2.23. The summed E-state index contributed by atoms with van der Waals surface area (Å²) in [4.78, 5) is 16.7. The molecule has 2 saturated carbocycles. The fourth-order valence-corrected chi connectivity index (χ4v) is 3.69. The van der Waals surface area contributed by atoms with Crippen molar-refractivity contribution in [1.82, 2.24) is 10.3 Å². The molecule has 0 aliphatic heterocycles. The number of anilines is 1. The highest BCUT2D eigenvalue weighted by molar-refractivity contribution is 7.17. The quantitative estimate of drug-likeness (QED) is 0.882. The van der Waals surface area contributed by atoms with Crippen molar-refractivity contribution in [2.24, 2.45) is 5.92 Å². The number of hydrogen-bond acceptors (Lipinski definition) is 4. The van der Waals surface area contributed by atoms with Gasteiger partial charge in [-0.3, -0.25) is 4.79 Å². The molecule has 2 aliphatic rings. The van der Waals surface area contributed by atoms with Crippen LogP contribution in [0.25, 0.3) is 0 Å². The van der Waals surface area contributed by atoms with Gasteiger partial charge in [0.2, 0.25) is 0 Å². The lowest BCUT2D eigenvalue weighted by Crippen LogP contribution is -2.43. The average molecular weight is 265 g/mol. The van der Waals surface area contributed by atoms with Crippen LogP contribution in [0.4, 0.5) is 5.13 Å². The van der Waals surface area contributed by atoms with Gasteiger partial charge in [0.25, 0.3) is 5.91 Å². The number of thiazole rings is 1. The van der Waals surface area contributed by atoms with Crippen LogP contribution in [0.2, 0.25) is 0 Å². The largest absolute Gasteiger partial charge is 0.375 e. The standard InChI is InChI=1S/C13H19N3OS/c14-12-15-8-10(18-12)11(17)16-13(6-7-13)9-4-2-1-3-5-9/h8-9H,1-7H2,(H2,14,15)(H,16,17). The molecule has 0 saturated heterocycles. The summed E-state index contributed by atoms with van der Waals surface area (Å²) >= 11 is 1.27. The number of nitrogens with zero attached hydrogens (tertiary/aromatic N) is 1. The van der Waals surface area contributed by atoms with Gasteiger partial charge in [-0.1, -0.05) is 30.6 Å². The van der Waals surface area contributed by atoms with Crippen LogP contribution in [0.3, 0.4) is 0 Å². The minimum atomic E-state index is 0.00673. The zero-order chi connectivity index (χ0) is 12.6. The molecule has 0 radical (unpaired) electrons. The first-order valence-electron chi connectivity index (χ1n) is 6.73. The van der Waals surface area contributed by atoms with Crippen molar-refractivity contribution in [3.63, 3.8) is 0 Å². The van der Waals surface area contributed by atoms with Crippen LogP contribution in [0, 0.1) is 5.92 Å². The smallest absolute Gasteiger partial charge is 0.263 e. The van der Waals surface area contributed by atoms with Crippen molar-refractivity contribution >= 4 is 22.4 Å². The number of carbonyl (C=O) groups is 1. The number of nitrogens with one attached hydrogen (secondary N) is 1. The number of nitrogen functional groups attached to an aromatic ring is 1. The molecule has 4 nitrogen and oxygen atoms in total. The summed E-state index contributed by atoms with van der Waals surface area (Å²) in [6.45, 7) is 0. The first-order valence-corrected chi connectivity index (χ1v) is 7.55. The van der Waals surface area contributed by atoms with Gasteiger partial charge in [-0.25, -0.2) is 4.98 Å². The van der Waals surface area contributed by atoms with Crippen LogP contribution < -0.4 is 11.1 Å². The fraction of sp³-hybridized carbons (Fsp3) is 0.692. The number of amides is 1. The van der Waals surface area contributed by atoms with Crippen molar-refractivity contribution in [2.75, 3.05) is 5.73 Å². The Morgan fingerprint density at radius 3 is 2.67 bits per heavy atom. The number of aromatic nitrogens is 1. The summed E-state index contributed by atoms with van der Waals surface area (Å²) in [7, 11) is 0. The van der Waals surface area contributed by atoms with Crippen LogP contribution in [0.1, 0.15) is 54.6 Å². The predicted molar refractivity (Wildman–Crippen MR) is 72.5 cm³/mol. The maximum atomic E-state index is 12.2. The second-order valence-corrected chi connectivity index (χ2v) is 6.57. The van der Waals surface area contributed by atoms with E-state index in [-0.39, 0.29) is 11.4 Å². The molecule has 2 aliphatic carbocycles. The van der Waals surface area contributed by atoms with E-state index in [1.807, 2.05) is 0 Å². The van der Waals surface area contributed by atoms with E-state index in [9.17, 15) is 4.79 Å². The Labute approximate surface area is 111 Å². The molecule has 3 rings (SSSR count). The Kier molecular flexibility index (Phi) is 3.01. The average Bonchev–Trinajstić information content (AvgIpc) is 3.04. The van der Waals surface area contributed by atoms with Gasteiger partial charge in [0.05, 0.1) is 6.20 Å². The van der Waals surface area contributed by atoms with Gasteiger partial charge >= 0.3 is 0 Å². The summed E-state index contributed by atoms with van der Waals surface area (Å²) < 4.78 is 0. The van der Waals surface area contributed by atoms with Crippen LogP contribution >= 0.6 is 11.3 Å². The Morgan fingerprint density at radius 2 is 2.11 bits per heavy atom. The molecule has 1 amide bonds. The third-order valence-corrected chi connectivity index (χ3v) is 5.11. The van der Waals surface area contributed by atoms with Crippen molar-refractivity contribution in [3.05, 3.63) is 11.1 Å². The van der Waals surface area contributed by atoms with Gasteiger partial charge in [0, 0.05) is 5.54 Å². The molecule has 0 spiro atoms. The lowest BCUT2D eigenvalue weighted by molar-refractivity contribution is 0.0906. The Morgan fingerprint density at radius 1 is 1.39 bits per heavy atom. The molecule has 1 heterocycles. The molecule has 1 aromatic heterocycles. The minimum Gasteiger partial charge on any atom is -0.375 e. The van der Waals surface area contributed by atoms with E-state index in [1.54, 1.807) is 6.20 Å². The van der Waals surface area contributed by atoms with E-state index in [4.69, 9.17) is 5.73 Å². The molecule has 2 fully saturated rings. The molecule has 0 unspecified atom stereocenters. The number of carbonyl (C=O) groups excluding carboxylic acids is 1. The summed E-state index contributed by atoms with van der Waals surface area (Å²) in [5.74, 6) is 0.688. The molecular formula is C13H19N3OS. The normalized spacial score (nSPS) is 22.7. The molecule has 1 aromatic rings. The molecule has 18 heavy (non-hydrogen) atoms. The monoisotopic (exact) mass is 265 g/mol. The topological polar surface area (TPSA) is 68.0 Å². The van der Waals surface area contributed by atoms with E-state index in [2.05, 4.69) is 10.3 Å². The maximum Gasteiger partial charge on any atom is 0.263 e. The van der Waals surface area contributed by atoms with Crippen molar-refractivity contribution in [2.45, 2.75) is 50.5 Å². The lowest BCUT2D eigenvalue weighted by Gasteiger charge is -2.31. The molecule has 98 valence electrons. The zero-order valence-electron chi connectivity index (χ0n) is 10.4. The molecular weight excluding hydrogens is 246 g/mol. The second-order valence-electron chi connectivity index (χ2n) is 5.51. The molecule has 3 N–H and O–H groups in total. The van der Waals surface area contributed by atoms with Gasteiger partial charge in [-0.2, -0.15) is 0 Å². The summed E-state index contributed by atoms with van der Waals surface area (Å²) in [6, 6.07) is 0. The predicted octanol–water partition coefficient (Wildman–Crippen LogP) is 2.57. The van der Waals surface area contributed by atoms with Crippen molar-refractivity contribution in [1.29, 1.82) is 0 Å². The van der Waals surface area contributed by atoms with Crippen LogP contribution in [-0.2, 0) is 0 Å². The highest BCUT2D eigenvalue weighted by Gasteiger charge is 2.50. The molecule has 0 bridgehead atoms. The van der Waals surface area contributed by atoms with Gasteiger partial charge in [-0.05, 0) is 31.6 Å². The summed E-state index contributed by atoms with van der Waals surface area (Å²) in [5.41, 5.74) is 5.66. The SMILES string of the molecule is Nc1ncc(C(=O)NC2(C3CCCCC3)CC2)s1. The highest BCUT2D eigenvalue weighted by atomic mass is 32.1. The van der Waals surface area contributed by atoms with Gasteiger partial charge in [-0.15, -0.1) is 0 Å². The first-order chi connectivity index (χ1) is 8.70. The van der Waals surface area contributed by atoms with Gasteiger partial charge < -0.3 is 11.1 Å². The summed E-state index contributed by atoms with van der Waals surface area (Å²) in [6.07, 6.45) is 10.4. The van der Waals surface area contributed by atoms with Crippen LogP contribution in [0.5, 0.6) is 0 Å². The lowest BCUT2D eigenvalue weighted by atomic mass is 9.82. The minimum absolute atomic E-state index is 0.00673. The van der Waals surface area contributed by atoms with E-state index >= 15 is 0 Å². The van der Waals surface area contributed by atoms with Crippen LogP contribution in [0.15, 0.2) is 6.20 Å². The third-order valence-electron chi connectivity index (χ3n) is 4.29. The van der Waals surface area contributed by atoms with Crippen LogP contribution in [-0.4, -0.2) is 16.4 Å². The fourth-order valence-electron chi connectivity index (χ4n) is 3.11. The number of nitrogens with two attached hydrogens (primary N) is 1. The van der Waals surface area contributed by atoms with E-state index in [1.165, 1.54) is 43.4 Å². The Balaban J connectivity index is 1.66. The summed E-state index contributed by atoms with van der Waals surface area (Å²) in [5, 5.41) is 3.70. The molecule has 5 heteroatoms. The van der Waals surface area contributed by atoms with E-state index < -0.39 is 0 Å². The van der Waals surface area contributed by atoms with E-state index in [0.717, 1.165) is 12.8 Å². The van der Waals surface area contributed by atoms with Crippen molar-refractivity contribution < 1.29 is 4.79 Å². The van der Waals surface area contributed by atoms with Crippen molar-refractivity contribution in [3.8, 4) is 0 Å². The van der Waals surface area contributed by atoms with Gasteiger partial charge in [0.1, 0.15) is 4.88 Å². The van der Waals surface area contributed by atoms with Gasteiger partial charge in [0.15, 0.2) is 5.13 Å². The highest BCUT2D eigenvalue weighted by Crippen LogP contribution is 2.48. The number of hydrogen-bond donors (Lipinski definition) is 2. The Hall–Kier alpha value is -1.10. The maximum absolute atomic E-state index is 12.2.